The lowest BCUT2D eigenvalue weighted by Gasteiger charge is -2.08. The van der Waals surface area contributed by atoms with E-state index in [9.17, 15) is 8.78 Å². The standard InChI is InChI=1S/C15H14BrF2NO/c16-12-1-4-14(5-2-12)20-8-7-19-10-11-9-13(17)3-6-15(11)18/h1-6,9,19H,7-8,10H2. The second kappa shape index (κ2) is 7.36. The summed E-state index contributed by atoms with van der Waals surface area (Å²) in [5.41, 5.74) is 0.314. The first-order valence-corrected chi connectivity index (χ1v) is 6.97. The molecule has 0 unspecified atom stereocenters. The van der Waals surface area contributed by atoms with Gasteiger partial charge in [-0.2, -0.15) is 0 Å². The molecule has 0 atom stereocenters. The van der Waals surface area contributed by atoms with E-state index in [0.29, 0.717) is 18.7 Å². The smallest absolute Gasteiger partial charge is 0.127 e. The lowest BCUT2D eigenvalue weighted by Crippen LogP contribution is -2.21. The molecule has 0 spiro atoms. The van der Waals surface area contributed by atoms with Crippen molar-refractivity contribution in [2.24, 2.45) is 0 Å². The van der Waals surface area contributed by atoms with Crippen LogP contribution < -0.4 is 10.1 Å². The van der Waals surface area contributed by atoms with E-state index in [1.54, 1.807) is 0 Å². The summed E-state index contributed by atoms with van der Waals surface area (Å²) in [6.45, 7) is 1.28. The van der Waals surface area contributed by atoms with Crippen LogP contribution in [0.4, 0.5) is 8.78 Å². The largest absolute Gasteiger partial charge is 0.492 e. The molecule has 2 aromatic carbocycles. The summed E-state index contributed by atoms with van der Waals surface area (Å²) in [4.78, 5) is 0. The van der Waals surface area contributed by atoms with E-state index in [0.717, 1.165) is 22.4 Å². The average molecular weight is 342 g/mol. The summed E-state index contributed by atoms with van der Waals surface area (Å²) in [6, 6.07) is 10.9. The van der Waals surface area contributed by atoms with Crippen molar-refractivity contribution in [1.29, 1.82) is 0 Å². The molecule has 2 nitrogen and oxygen atoms in total. The maximum atomic E-state index is 13.3. The fraction of sp³-hybridized carbons (Fsp3) is 0.200. The number of nitrogens with one attached hydrogen (secondary N) is 1. The third-order valence-electron chi connectivity index (χ3n) is 2.68. The Morgan fingerprint density at radius 3 is 2.55 bits per heavy atom. The van der Waals surface area contributed by atoms with Crippen LogP contribution in [0.3, 0.4) is 0 Å². The molecule has 0 aliphatic carbocycles. The molecule has 0 bridgehead atoms. The second-order valence-electron chi connectivity index (χ2n) is 4.21. The molecule has 0 radical (unpaired) electrons. The van der Waals surface area contributed by atoms with Crippen LogP contribution in [0.25, 0.3) is 0 Å². The van der Waals surface area contributed by atoms with Gasteiger partial charge in [-0.05, 0) is 42.5 Å². The SMILES string of the molecule is Fc1ccc(F)c(CNCCOc2ccc(Br)cc2)c1. The first kappa shape index (κ1) is 14.9. The molecule has 2 rings (SSSR count). The third-order valence-corrected chi connectivity index (χ3v) is 3.21. The summed E-state index contributed by atoms with van der Waals surface area (Å²) in [5.74, 6) is -0.0750. The first-order chi connectivity index (χ1) is 9.65. The van der Waals surface area contributed by atoms with Gasteiger partial charge in [-0.15, -0.1) is 0 Å². The topological polar surface area (TPSA) is 21.3 Å². The highest BCUT2D eigenvalue weighted by atomic mass is 79.9. The highest BCUT2D eigenvalue weighted by Crippen LogP contribution is 2.15. The summed E-state index contributed by atoms with van der Waals surface area (Å²) in [5, 5.41) is 3.01. The van der Waals surface area contributed by atoms with Crippen molar-refractivity contribution in [2.45, 2.75) is 6.54 Å². The molecule has 0 amide bonds. The predicted octanol–water partition coefficient (Wildman–Crippen LogP) is 3.90. The number of hydrogen-bond acceptors (Lipinski definition) is 2. The zero-order valence-electron chi connectivity index (χ0n) is 10.7. The Kier molecular flexibility index (Phi) is 5.49. The van der Waals surface area contributed by atoms with Gasteiger partial charge in [0.2, 0.25) is 0 Å². The van der Waals surface area contributed by atoms with Crippen LogP contribution >= 0.6 is 15.9 Å². The lowest BCUT2D eigenvalue weighted by atomic mass is 10.2. The van der Waals surface area contributed by atoms with Crippen molar-refractivity contribution in [1.82, 2.24) is 5.32 Å². The van der Waals surface area contributed by atoms with E-state index in [-0.39, 0.29) is 6.54 Å². The molecular weight excluding hydrogens is 328 g/mol. The van der Waals surface area contributed by atoms with Gasteiger partial charge in [0.1, 0.15) is 24.0 Å². The fourth-order valence-electron chi connectivity index (χ4n) is 1.67. The minimum Gasteiger partial charge on any atom is -0.492 e. The van der Waals surface area contributed by atoms with Crippen molar-refractivity contribution in [3.05, 3.63) is 64.1 Å². The fourth-order valence-corrected chi connectivity index (χ4v) is 1.94. The molecule has 0 fully saturated rings. The molecule has 0 aliphatic heterocycles. The third kappa shape index (κ3) is 4.58. The van der Waals surface area contributed by atoms with Gasteiger partial charge < -0.3 is 10.1 Å². The van der Waals surface area contributed by atoms with E-state index in [4.69, 9.17) is 4.74 Å². The normalized spacial score (nSPS) is 10.6. The Morgan fingerprint density at radius 1 is 1.05 bits per heavy atom. The summed E-state index contributed by atoms with van der Waals surface area (Å²) < 4.78 is 32.8. The number of rotatable bonds is 6. The zero-order valence-corrected chi connectivity index (χ0v) is 12.3. The minimum absolute atomic E-state index is 0.271. The van der Waals surface area contributed by atoms with Crippen molar-refractivity contribution in [3.63, 3.8) is 0 Å². The maximum Gasteiger partial charge on any atom is 0.127 e. The molecule has 0 saturated heterocycles. The number of benzene rings is 2. The van der Waals surface area contributed by atoms with E-state index >= 15 is 0 Å². The van der Waals surface area contributed by atoms with Crippen LogP contribution in [0.15, 0.2) is 46.9 Å². The van der Waals surface area contributed by atoms with Gasteiger partial charge >= 0.3 is 0 Å². The summed E-state index contributed by atoms with van der Waals surface area (Å²) in [7, 11) is 0. The van der Waals surface area contributed by atoms with Crippen molar-refractivity contribution in [3.8, 4) is 5.75 Å². The van der Waals surface area contributed by atoms with Crippen LogP contribution in [0.2, 0.25) is 0 Å². The molecule has 0 heterocycles. The quantitative estimate of drug-likeness (QED) is 0.804. The number of hydrogen-bond donors (Lipinski definition) is 1. The van der Waals surface area contributed by atoms with Gasteiger partial charge in [0.15, 0.2) is 0 Å². The highest BCUT2D eigenvalue weighted by molar-refractivity contribution is 9.10. The average Bonchev–Trinajstić information content (AvgIpc) is 2.44. The van der Waals surface area contributed by atoms with Gasteiger partial charge in [0.05, 0.1) is 0 Å². The van der Waals surface area contributed by atoms with Crippen LogP contribution in [-0.4, -0.2) is 13.2 Å². The Morgan fingerprint density at radius 2 is 1.80 bits per heavy atom. The van der Waals surface area contributed by atoms with Gasteiger partial charge in [-0.3, -0.25) is 0 Å². The highest BCUT2D eigenvalue weighted by Gasteiger charge is 2.03. The molecule has 0 aliphatic rings. The van der Waals surface area contributed by atoms with Gasteiger partial charge in [0.25, 0.3) is 0 Å². The van der Waals surface area contributed by atoms with Crippen LogP contribution in [0, 0.1) is 11.6 Å². The first-order valence-electron chi connectivity index (χ1n) is 6.18. The van der Waals surface area contributed by atoms with Gasteiger partial charge in [0, 0.05) is 23.1 Å². The van der Waals surface area contributed by atoms with Gasteiger partial charge in [-0.1, -0.05) is 15.9 Å². The van der Waals surface area contributed by atoms with Crippen LogP contribution in [0.1, 0.15) is 5.56 Å². The molecule has 106 valence electrons. The number of ether oxygens (including phenoxy) is 1. The number of halogens is 3. The Bertz CT molecular complexity index is 560. The van der Waals surface area contributed by atoms with Crippen LogP contribution in [0.5, 0.6) is 5.75 Å². The van der Waals surface area contributed by atoms with Crippen molar-refractivity contribution >= 4 is 15.9 Å². The van der Waals surface area contributed by atoms with E-state index in [1.807, 2.05) is 24.3 Å². The van der Waals surface area contributed by atoms with Gasteiger partial charge in [-0.25, -0.2) is 8.78 Å². The van der Waals surface area contributed by atoms with E-state index in [1.165, 1.54) is 6.07 Å². The molecule has 5 heteroatoms. The Balaban J connectivity index is 1.71. The Hall–Kier alpha value is -1.46. The lowest BCUT2D eigenvalue weighted by molar-refractivity contribution is 0.313. The molecule has 2 aromatic rings. The summed E-state index contributed by atoms with van der Waals surface area (Å²) in [6.07, 6.45) is 0. The molecule has 1 N–H and O–H groups in total. The van der Waals surface area contributed by atoms with Crippen LogP contribution in [-0.2, 0) is 6.54 Å². The van der Waals surface area contributed by atoms with E-state index < -0.39 is 11.6 Å². The van der Waals surface area contributed by atoms with Crippen molar-refractivity contribution in [2.75, 3.05) is 13.2 Å². The second-order valence-corrected chi connectivity index (χ2v) is 5.13. The predicted molar refractivity (Wildman–Crippen MR) is 77.7 cm³/mol. The molecule has 0 aromatic heterocycles. The monoisotopic (exact) mass is 341 g/mol. The Labute approximate surface area is 124 Å². The molecular formula is C15H14BrF2NO. The minimum atomic E-state index is -0.436. The molecule has 20 heavy (non-hydrogen) atoms. The maximum absolute atomic E-state index is 13.3. The van der Waals surface area contributed by atoms with E-state index in [2.05, 4.69) is 21.2 Å². The zero-order chi connectivity index (χ0) is 14.4. The van der Waals surface area contributed by atoms with Crippen molar-refractivity contribution < 1.29 is 13.5 Å². The summed E-state index contributed by atoms with van der Waals surface area (Å²) >= 11 is 3.34. The molecule has 0 saturated carbocycles.